The Morgan fingerprint density at radius 1 is 1.14 bits per heavy atom. The van der Waals surface area contributed by atoms with E-state index >= 15 is 0 Å². The maximum Gasteiger partial charge on any atom is 0.0543 e. The van der Waals surface area contributed by atoms with Crippen molar-refractivity contribution in [3.05, 3.63) is 35.9 Å². The van der Waals surface area contributed by atoms with Crippen molar-refractivity contribution in [2.24, 2.45) is 5.92 Å². The van der Waals surface area contributed by atoms with Crippen molar-refractivity contribution >= 4 is 0 Å². The van der Waals surface area contributed by atoms with Gasteiger partial charge >= 0.3 is 0 Å². The van der Waals surface area contributed by atoms with Gasteiger partial charge in [0.15, 0.2) is 0 Å². The van der Waals surface area contributed by atoms with Crippen molar-refractivity contribution in [3.63, 3.8) is 0 Å². The Morgan fingerprint density at radius 3 is 2.64 bits per heavy atom. The van der Waals surface area contributed by atoms with Gasteiger partial charge in [-0.1, -0.05) is 36.8 Å². The van der Waals surface area contributed by atoms with Crippen molar-refractivity contribution in [2.75, 3.05) is 0 Å². The van der Waals surface area contributed by atoms with Gasteiger partial charge in [0.2, 0.25) is 0 Å². The summed E-state index contributed by atoms with van der Waals surface area (Å²) in [5.74, 6) is 0.696. The lowest BCUT2D eigenvalue weighted by Gasteiger charge is -2.25. The van der Waals surface area contributed by atoms with Crippen LogP contribution in [0, 0.1) is 5.92 Å². The monoisotopic (exact) mass is 190 g/mol. The zero-order chi connectivity index (χ0) is 9.80. The number of aliphatic hydroxyl groups excluding tert-OH is 1. The minimum atomic E-state index is -0.0440. The van der Waals surface area contributed by atoms with E-state index in [4.69, 9.17) is 0 Å². The summed E-state index contributed by atoms with van der Waals surface area (Å²) in [6.07, 6.45) is 5.57. The van der Waals surface area contributed by atoms with Crippen molar-refractivity contribution in [1.29, 1.82) is 0 Å². The number of hydrogen-bond donors (Lipinski definition) is 1. The molecular weight excluding hydrogens is 172 g/mol. The SMILES string of the molecule is O[C@@H]1CCC[C@@H](Cc2ccccc2)C1. The Hall–Kier alpha value is -0.820. The Labute approximate surface area is 85.8 Å². The second kappa shape index (κ2) is 4.61. The highest BCUT2D eigenvalue weighted by atomic mass is 16.3. The number of benzene rings is 1. The highest BCUT2D eigenvalue weighted by Gasteiger charge is 2.19. The van der Waals surface area contributed by atoms with Gasteiger partial charge in [0.1, 0.15) is 0 Å². The molecule has 1 heteroatoms. The molecule has 14 heavy (non-hydrogen) atoms. The molecule has 1 nitrogen and oxygen atoms in total. The molecule has 0 heterocycles. The highest BCUT2D eigenvalue weighted by molar-refractivity contribution is 5.15. The lowest BCUT2D eigenvalue weighted by Crippen LogP contribution is -2.20. The van der Waals surface area contributed by atoms with Gasteiger partial charge in [-0.25, -0.2) is 0 Å². The summed E-state index contributed by atoms with van der Waals surface area (Å²) in [5, 5.41) is 9.56. The fraction of sp³-hybridized carbons (Fsp3) is 0.538. The lowest BCUT2D eigenvalue weighted by molar-refractivity contribution is 0.101. The number of aliphatic hydroxyl groups is 1. The molecule has 2 atom stereocenters. The third-order valence-corrected chi connectivity index (χ3v) is 3.12. The normalized spacial score (nSPS) is 27.5. The van der Waals surface area contributed by atoms with Gasteiger partial charge in [-0.3, -0.25) is 0 Å². The molecule has 0 aliphatic heterocycles. The highest BCUT2D eigenvalue weighted by Crippen LogP contribution is 2.27. The molecule has 1 aliphatic carbocycles. The fourth-order valence-corrected chi connectivity index (χ4v) is 2.40. The van der Waals surface area contributed by atoms with E-state index in [1.54, 1.807) is 0 Å². The number of rotatable bonds is 2. The van der Waals surface area contributed by atoms with Gasteiger partial charge in [-0.05, 0) is 37.2 Å². The molecule has 0 amide bonds. The van der Waals surface area contributed by atoms with Crippen LogP contribution in [0.4, 0.5) is 0 Å². The van der Waals surface area contributed by atoms with E-state index in [9.17, 15) is 5.11 Å². The zero-order valence-corrected chi connectivity index (χ0v) is 8.52. The molecule has 0 bridgehead atoms. The zero-order valence-electron chi connectivity index (χ0n) is 8.52. The Balaban J connectivity index is 1.91. The molecule has 0 spiro atoms. The smallest absolute Gasteiger partial charge is 0.0543 e. The van der Waals surface area contributed by atoms with Gasteiger partial charge in [0.05, 0.1) is 6.10 Å². The first-order valence-corrected chi connectivity index (χ1v) is 5.56. The molecule has 0 aromatic heterocycles. The summed E-state index contributed by atoms with van der Waals surface area (Å²) >= 11 is 0. The third kappa shape index (κ3) is 2.58. The van der Waals surface area contributed by atoms with Crippen LogP contribution < -0.4 is 0 Å². The van der Waals surface area contributed by atoms with Crippen LogP contribution in [0.2, 0.25) is 0 Å². The molecule has 1 N–H and O–H groups in total. The minimum Gasteiger partial charge on any atom is -0.393 e. The maximum atomic E-state index is 9.56. The molecule has 2 rings (SSSR count). The van der Waals surface area contributed by atoms with Gasteiger partial charge in [0, 0.05) is 0 Å². The Bertz CT molecular complexity index is 268. The van der Waals surface area contributed by atoms with E-state index in [-0.39, 0.29) is 6.10 Å². The Kier molecular flexibility index (Phi) is 3.20. The van der Waals surface area contributed by atoms with E-state index in [0.29, 0.717) is 5.92 Å². The van der Waals surface area contributed by atoms with Crippen LogP contribution in [0.25, 0.3) is 0 Å². The van der Waals surface area contributed by atoms with Crippen LogP contribution in [0.15, 0.2) is 30.3 Å². The topological polar surface area (TPSA) is 20.2 Å². The van der Waals surface area contributed by atoms with Crippen LogP contribution in [0.3, 0.4) is 0 Å². The molecule has 1 fully saturated rings. The van der Waals surface area contributed by atoms with Crippen LogP contribution in [0.1, 0.15) is 31.2 Å². The molecule has 1 saturated carbocycles. The average molecular weight is 190 g/mol. The first kappa shape index (κ1) is 9.72. The molecule has 1 aromatic carbocycles. The molecule has 1 aliphatic rings. The van der Waals surface area contributed by atoms with Crippen LogP contribution in [-0.4, -0.2) is 11.2 Å². The predicted molar refractivity (Wildman–Crippen MR) is 58.1 cm³/mol. The largest absolute Gasteiger partial charge is 0.393 e. The van der Waals surface area contributed by atoms with Gasteiger partial charge < -0.3 is 5.11 Å². The summed E-state index contributed by atoms with van der Waals surface area (Å²) in [7, 11) is 0. The predicted octanol–water partition coefficient (Wildman–Crippen LogP) is 2.78. The van der Waals surface area contributed by atoms with Crippen LogP contribution in [0.5, 0.6) is 0 Å². The van der Waals surface area contributed by atoms with Crippen LogP contribution in [-0.2, 0) is 6.42 Å². The van der Waals surface area contributed by atoms with Gasteiger partial charge in [-0.2, -0.15) is 0 Å². The van der Waals surface area contributed by atoms with E-state index in [0.717, 1.165) is 19.3 Å². The van der Waals surface area contributed by atoms with Crippen molar-refractivity contribution in [2.45, 2.75) is 38.2 Å². The van der Waals surface area contributed by atoms with E-state index < -0.39 is 0 Å². The van der Waals surface area contributed by atoms with Crippen LogP contribution >= 0.6 is 0 Å². The van der Waals surface area contributed by atoms with E-state index in [2.05, 4.69) is 30.3 Å². The molecule has 1 aromatic rings. The molecular formula is C13H18O. The quantitative estimate of drug-likeness (QED) is 0.760. The number of hydrogen-bond acceptors (Lipinski definition) is 1. The standard InChI is InChI=1S/C13H18O/c14-13-8-4-7-12(10-13)9-11-5-2-1-3-6-11/h1-3,5-6,12-14H,4,7-10H2/t12-,13+/m0/s1. The second-order valence-electron chi connectivity index (χ2n) is 4.38. The molecule has 76 valence electrons. The van der Waals surface area contributed by atoms with E-state index in [1.807, 2.05) is 0 Å². The van der Waals surface area contributed by atoms with Crippen molar-refractivity contribution in [1.82, 2.24) is 0 Å². The summed E-state index contributed by atoms with van der Waals surface area (Å²) in [4.78, 5) is 0. The molecule has 0 radical (unpaired) electrons. The van der Waals surface area contributed by atoms with Gasteiger partial charge in [0.25, 0.3) is 0 Å². The maximum absolute atomic E-state index is 9.56. The van der Waals surface area contributed by atoms with Crippen molar-refractivity contribution in [3.8, 4) is 0 Å². The Morgan fingerprint density at radius 2 is 1.93 bits per heavy atom. The summed E-state index contributed by atoms with van der Waals surface area (Å²) < 4.78 is 0. The second-order valence-corrected chi connectivity index (χ2v) is 4.38. The third-order valence-electron chi connectivity index (χ3n) is 3.12. The summed E-state index contributed by atoms with van der Waals surface area (Å²) in [5.41, 5.74) is 1.41. The summed E-state index contributed by atoms with van der Waals surface area (Å²) in [6, 6.07) is 10.6. The molecule has 0 saturated heterocycles. The average Bonchev–Trinajstić information content (AvgIpc) is 2.19. The fourth-order valence-electron chi connectivity index (χ4n) is 2.40. The first-order chi connectivity index (χ1) is 6.84. The summed E-state index contributed by atoms with van der Waals surface area (Å²) in [6.45, 7) is 0. The lowest BCUT2D eigenvalue weighted by atomic mass is 9.83. The molecule has 0 unspecified atom stereocenters. The first-order valence-electron chi connectivity index (χ1n) is 5.56. The minimum absolute atomic E-state index is 0.0440. The van der Waals surface area contributed by atoms with Crippen molar-refractivity contribution < 1.29 is 5.11 Å². The van der Waals surface area contributed by atoms with E-state index in [1.165, 1.54) is 18.4 Å². The van der Waals surface area contributed by atoms with Gasteiger partial charge in [-0.15, -0.1) is 0 Å².